The second-order valence-corrected chi connectivity index (χ2v) is 16.1. The number of aromatic nitrogens is 4. The lowest BCUT2D eigenvalue weighted by atomic mass is 10.0. The number of ether oxygens (including phenoxy) is 2. The molecule has 0 saturated carbocycles. The summed E-state index contributed by atoms with van der Waals surface area (Å²) in [6.45, 7) is 0. The molecule has 0 amide bonds. The third kappa shape index (κ3) is 8.77. The van der Waals surface area contributed by atoms with Crippen molar-refractivity contribution < 1.29 is 35.4 Å². The van der Waals surface area contributed by atoms with Gasteiger partial charge in [-0.25, -0.2) is 9.97 Å². The molecule has 0 atom stereocenters. The van der Waals surface area contributed by atoms with E-state index in [9.17, 15) is 25.9 Å². The van der Waals surface area contributed by atoms with Gasteiger partial charge in [0, 0.05) is 34.6 Å². The average molecular weight is 854 g/mol. The van der Waals surface area contributed by atoms with Gasteiger partial charge in [-0.2, -0.15) is 26.8 Å². The van der Waals surface area contributed by atoms with Crippen molar-refractivity contribution in [3.05, 3.63) is 144 Å². The Bertz CT molecular complexity index is 2930. The van der Waals surface area contributed by atoms with Gasteiger partial charge in [0.05, 0.1) is 0 Å². The number of hydrogen-bond acceptors (Lipinski definition) is 12. The van der Waals surface area contributed by atoms with Crippen LogP contribution in [-0.2, 0) is 20.2 Å². The van der Waals surface area contributed by atoms with Crippen molar-refractivity contribution in [3.63, 3.8) is 0 Å². The van der Waals surface area contributed by atoms with Gasteiger partial charge in [-0.05, 0) is 70.1 Å². The van der Waals surface area contributed by atoms with Gasteiger partial charge in [0.25, 0.3) is 20.2 Å². The smallest absolute Gasteiger partial charge is 0.295 e. The molecule has 290 valence electrons. The number of anilines is 4. The number of nitrogens with one attached hydrogen (secondary N) is 2. The van der Waals surface area contributed by atoms with E-state index in [1.54, 1.807) is 12.1 Å². The van der Waals surface area contributed by atoms with E-state index in [4.69, 9.17) is 32.7 Å². The predicted molar refractivity (Wildman–Crippen MR) is 220 cm³/mol. The fourth-order valence-corrected chi connectivity index (χ4v) is 7.85. The third-order valence-corrected chi connectivity index (χ3v) is 10.7. The second-order valence-electron chi connectivity index (χ2n) is 12.5. The summed E-state index contributed by atoms with van der Waals surface area (Å²) in [4.78, 5) is 15.5. The van der Waals surface area contributed by atoms with Gasteiger partial charge in [0.1, 0.15) is 31.6 Å². The van der Waals surface area contributed by atoms with Crippen LogP contribution < -0.4 is 20.1 Å². The molecule has 8 aromatic rings. The number of hydrogen-bond donors (Lipinski definition) is 4. The maximum absolute atomic E-state index is 12.8. The van der Waals surface area contributed by atoms with Crippen molar-refractivity contribution >= 4 is 88.3 Å². The molecule has 8 rings (SSSR count). The molecule has 2 aromatic heterocycles. The highest BCUT2D eigenvalue weighted by atomic mass is 35.5. The summed E-state index contributed by atoms with van der Waals surface area (Å²) in [6.07, 6.45) is 0. The Labute approximate surface area is 340 Å². The average Bonchev–Trinajstić information content (AvgIpc) is 3.17. The Balaban J connectivity index is 1.07. The quantitative estimate of drug-likeness (QED) is 0.0707. The van der Waals surface area contributed by atoms with Crippen LogP contribution >= 0.6 is 23.2 Å². The molecule has 2 heterocycles. The number of nitrogens with zero attached hydrogens (tertiary/aromatic N) is 4. The largest absolute Gasteiger partial charge is 0.439 e. The van der Waals surface area contributed by atoms with Crippen LogP contribution in [0.5, 0.6) is 23.3 Å². The SMILES string of the molecule is O=S(=O)(O)c1cc(Nc2nc(Cl)cc(Oc3ccc4ccccc4c3)n2)ccc1-c1ccc(Nc2nc(Cl)cc(Oc3ccc4ccccc4c3)n2)cc1S(=O)(=O)O. The molecule has 4 N–H and O–H groups in total. The zero-order valence-electron chi connectivity index (χ0n) is 29.4. The minimum Gasteiger partial charge on any atom is -0.439 e. The van der Waals surface area contributed by atoms with Crippen LogP contribution in [0.4, 0.5) is 23.3 Å². The van der Waals surface area contributed by atoms with Crippen LogP contribution in [-0.4, -0.2) is 45.9 Å². The molecule has 0 saturated heterocycles. The standard InChI is InChI=1S/C40H26Cl2N6O8S2/c41-35-21-37(55-29-13-9-23-5-1-3-7-25(23)17-29)47-39(45-35)43-27-11-15-31(33(19-27)57(49,50)51)32-16-12-28(20-34(32)58(52,53)54)44-40-46-36(42)22-38(48-40)56-30-14-10-24-6-2-4-8-26(24)18-30/h1-22H,(H,43,45,47)(H,44,46,48)(H,49,50,51)(H,52,53,54). The lowest BCUT2D eigenvalue weighted by Crippen LogP contribution is -2.07. The van der Waals surface area contributed by atoms with E-state index in [0.29, 0.717) is 11.5 Å². The Kier molecular flexibility index (Phi) is 10.3. The molecule has 0 spiro atoms. The summed E-state index contributed by atoms with van der Waals surface area (Å²) < 4.78 is 83.5. The van der Waals surface area contributed by atoms with Crippen LogP contribution in [0.1, 0.15) is 0 Å². The highest BCUT2D eigenvalue weighted by Gasteiger charge is 2.25. The van der Waals surface area contributed by atoms with E-state index in [-0.39, 0.29) is 56.5 Å². The first-order chi connectivity index (χ1) is 27.7. The normalized spacial score (nSPS) is 11.7. The molecule has 6 aromatic carbocycles. The fourth-order valence-electron chi connectivity index (χ4n) is 6.04. The number of halogens is 2. The Morgan fingerprint density at radius 3 is 1.26 bits per heavy atom. The van der Waals surface area contributed by atoms with Gasteiger partial charge in [-0.1, -0.05) is 96.0 Å². The first-order valence-electron chi connectivity index (χ1n) is 16.9. The van der Waals surface area contributed by atoms with E-state index in [1.807, 2.05) is 72.8 Å². The van der Waals surface area contributed by atoms with Crippen molar-refractivity contribution in [1.29, 1.82) is 0 Å². The van der Waals surface area contributed by atoms with Crippen LogP contribution in [0.25, 0.3) is 32.7 Å². The van der Waals surface area contributed by atoms with E-state index in [0.717, 1.165) is 33.7 Å². The molecule has 0 aliphatic heterocycles. The van der Waals surface area contributed by atoms with Crippen LogP contribution in [0.15, 0.2) is 143 Å². The summed E-state index contributed by atoms with van der Waals surface area (Å²) >= 11 is 12.5. The first-order valence-corrected chi connectivity index (χ1v) is 20.6. The van der Waals surface area contributed by atoms with Gasteiger partial charge < -0.3 is 20.1 Å². The zero-order chi connectivity index (χ0) is 40.6. The van der Waals surface area contributed by atoms with Gasteiger partial charge in [0.2, 0.25) is 23.7 Å². The van der Waals surface area contributed by atoms with E-state index < -0.39 is 30.0 Å². The molecule has 0 aliphatic rings. The molecular formula is C40H26Cl2N6O8S2. The number of fused-ring (bicyclic) bond motifs is 2. The van der Waals surface area contributed by atoms with Crippen LogP contribution in [0, 0.1) is 0 Å². The predicted octanol–water partition coefficient (Wildman–Crippen LogP) is 10.1. The van der Waals surface area contributed by atoms with E-state index in [2.05, 4.69) is 30.6 Å². The monoisotopic (exact) mass is 852 g/mol. The van der Waals surface area contributed by atoms with Gasteiger partial charge >= 0.3 is 0 Å². The number of rotatable bonds is 11. The Morgan fingerprint density at radius 1 is 0.466 bits per heavy atom. The Morgan fingerprint density at radius 2 is 0.862 bits per heavy atom. The summed E-state index contributed by atoms with van der Waals surface area (Å²) in [7, 11) is -10.0. The van der Waals surface area contributed by atoms with Gasteiger partial charge in [0.15, 0.2) is 0 Å². The lowest BCUT2D eigenvalue weighted by Gasteiger charge is -2.15. The Hall–Kier alpha value is -6.40. The van der Waals surface area contributed by atoms with Crippen LogP contribution in [0.3, 0.4) is 0 Å². The summed E-state index contributed by atoms with van der Waals surface area (Å²) in [5.74, 6) is 0.939. The highest BCUT2D eigenvalue weighted by Crippen LogP contribution is 2.37. The maximum Gasteiger partial charge on any atom is 0.295 e. The minimum atomic E-state index is -5.01. The van der Waals surface area contributed by atoms with E-state index in [1.165, 1.54) is 36.4 Å². The zero-order valence-corrected chi connectivity index (χ0v) is 32.6. The molecule has 18 heteroatoms. The van der Waals surface area contributed by atoms with Crippen molar-refractivity contribution in [2.24, 2.45) is 0 Å². The molecule has 0 fully saturated rings. The van der Waals surface area contributed by atoms with Crippen molar-refractivity contribution in [2.75, 3.05) is 10.6 Å². The van der Waals surface area contributed by atoms with Gasteiger partial charge in [-0.15, -0.1) is 0 Å². The van der Waals surface area contributed by atoms with Crippen LogP contribution in [0.2, 0.25) is 10.3 Å². The highest BCUT2D eigenvalue weighted by molar-refractivity contribution is 7.86. The molecule has 0 unspecified atom stereocenters. The third-order valence-electron chi connectivity index (χ3n) is 8.55. The summed E-state index contributed by atoms with van der Waals surface area (Å²) in [5.41, 5.74) is -0.377. The van der Waals surface area contributed by atoms with Crippen molar-refractivity contribution in [1.82, 2.24) is 19.9 Å². The molecule has 0 aliphatic carbocycles. The van der Waals surface area contributed by atoms with Crippen molar-refractivity contribution in [2.45, 2.75) is 9.79 Å². The van der Waals surface area contributed by atoms with Crippen molar-refractivity contribution in [3.8, 4) is 34.4 Å². The maximum atomic E-state index is 12.8. The molecular weight excluding hydrogens is 828 g/mol. The number of benzene rings is 6. The van der Waals surface area contributed by atoms with E-state index >= 15 is 0 Å². The fraction of sp³-hybridized carbons (Fsp3) is 0. The molecule has 14 nitrogen and oxygen atoms in total. The summed E-state index contributed by atoms with van der Waals surface area (Å²) in [6, 6.07) is 36.4. The molecule has 0 radical (unpaired) electrons. The second kappa shape index (κ2) is 15.5. The minimum absolute atomic E-state index is 0.00301. The molecule has 58 heavy (non-hydrogen) atoms. The van der Waals surface area contributed by atoms with Gasteiger partial charge in [-0.3, -0.25) is 9.11 Å². The topological polar surface area (TPSA) is 203 Å². The molecule has 0 bridgehead atoms. The summed E-state index contributed by atoms with van der Waals surface area (Å²) in [5, 5.41) is 9.56. The lowest BCUT2D eigenvalue weighted by molar-refractivity contribution is 0.463. The first kappa shape index (κ1) is 38.5.